The van der Waals surface area contributed by atoms with Gasteiger partial charge in [0.05, 0.1) is 11.8 Å². The van der Waals surface area contributed by atoms with Gasteiger partial charge in [0, 0.05) is 11.1 Å². The summed E-state index contributed by atoms with van der Waals surface area (Å²) in [4.78, 5) is 11.1. The number of rotatable bonds is 4. The molecule has 0 spiro atoms. The van der Waals surface area contributed by atoms with Gasteiger partial charge in [-0.3, -0.25) is 4.79 Å². The van der Waals surface area contributed by atoms with Crippen molar-refractivity contribution in [1.82, 2.24) is 4.72 Å². The molecular formula is C14H15NO3S. The molecule has 0 unspecified atom stereocenters. The second-order valence-electron chi connectivity index (χ2n) is 4.50. The predicted molar refractivity (Wildman–Crippen MR) is 73.3 cm³/mol. The summed E-state index contributed by atoms with van der Waals surface area (Å²) >= 11 is 0. The highest BCUT2D eigenvalue weighted by Crippen LogP contribution is 2.27. The molecule has 0 aliphatic heterocycles. The van der Waals surface area contributed by atoms with Gasteiger partial charge in [-0.25, -0.2) is 13.1 Å². The Morgan fingerprint density at radius 3 is 2.47 bits per heavy atom. The van der Waals surface area contributed by atoms with E-state index in [9.17, 15) is 13.2 Å². The van der Waals surface area contributed by atoms with Crippen molar-refractivity contribution in [3.63, 3.8) is 0 Å². The molecule has 1 aliphatic carbocycles. The van der Waals surface area contributed by atoms with E-state index in [0.29, 0.717) is 5.56 Å². The fraction of sp³-hybridized carbons (Fsp3) is 0.357. The van der Waals surface area contributed by atoms with Crippen LogP contribution in [0, 0.1) is 11.8 Å². The van der Waals surface area contributed by atoms with Gasteiger partial charge < -0.3 is 0 Å². The van der Waals surface area contributed by atoms with Crippen molar-refractivity contribution in [3.05, 3.63) is 35.4 Å². The third-order valence-corrected chi connectivity index (χ3v) is 4.74. The summed E-state index contributed by atoms with van der Waals surface area (Å²) in [5, 5.41) is -0.218. The Hall–Kier alpha value is -1.64. The molecule has 1 aromatic rings. The molecule has 1 saturated carbocycles. The maximum atomic E-state index is 11.5. The standard InChI is InChI=1S/C14H15NO3S/c1-11(16)13-6-4-12(5-7-13)3-2-10-15-19(17,18)14-8-9-14/h4-7,14-15H,8-10H2,1H3. The Bertz CT molecular complexity index is 632. The van der Waals surface area contributed by atoms with Gasteiger partial charge in [-0.15, -0.1) is 0 Å². The van der Waals surface area contributed by atoms with Crippen LogP contribution in [0.5, 0.6) is 0 Å². The quantitative estimate of drug-likeness (QED) is 0.667. The molecule has 100 valence electrons. The van der Waals surface area contributed by atoms with Crippen LogP contribution in [0.2, 0.25) is 0 Å². The van der Waals surface area contributed by atoms with E-state index in [1.165, 1.54) is 6.92 Å². The maximum absolute atomic E-state index is 11.5. The van der Waals surface area contributed by atoms with Crippen LogP contribution in [0.1, 0.15) is 35.7 Å². The van der Waals surface area contributed by atoms with Crippen LogP contribution in [-0.4, -0.2) is 26.0 Å². The van der Waals surface area contributed by atoms with Crippen molar-refractivity contribution >= 4 is 15.8 Å². The molecule has 0 atom stereocenters. The SMILES string of the molecule is CC(=O)c1ccc(C#CCNS(=O)(=O)C2CC2)cc1. The largest absolute Gasteiger partial charge is 0.295 e. The Morgan fingerprint density at radius 1 is 1.32 bits per heavy atom. The third kappa shape index (κ3) is 3.91. The zero-order chi connectivity index (χ0) is 13.9. The van der Waals surface area contributed by atoms with Crippen molar-refractivity contribution < 1.29 is 13.2 Å². The minimum absolute atomic E-state index is 0.0108. The highest BCUT2D eigenvalue weighted by atomic mass is 32.2. The molecule has 19 heavy (non-hydrogen) atoms. The van der Waals surface area contributed by atoms with E-state index in [1.807, 2.05) is 0 Å². The van der Waals surface area contributed by atoms with E-state index in [1.54, 1.807) is 24.3 Å². The first kappa shape index (κ1) is 13.8. The first-order valence-electron chi connectivity index (χ1n) is 6.07. The minimum Gasteiger partial charge on any atom is -0.295 e. The van der Waals surface area contributed by atoms with Crippen LogP contribution in [0.4, 0.5) is 0 Å². The second-order valence-corrected chi connectivity index (χ2v) is 6.55. The number of carbonyl (C=O) groups excluding carboxylic acids is 1. The first-order valence-corrected chi connectivity index (χ1v) is 7.62. The summed E-state index contributed by atoms with van der Waals surface area (Å²) in [6, 6.07) is 6.92. The molecule has 0 heterocycles. The summed E-state index contributed by atoms with van der Waals surface area (Å²) in [6.07, 6.45) is 1.49. The van der Waals surface area contributed by atoms with E-state index in [-0.39, 0.29) is 17.6 Å². The van der Waals surface area contributed by atoms with Gasteiger partial charge in [0.1, 0.15) is 0 Å². The summed E-state index contributed by atoms with van der Waals surface area (Å²) < 4.78 is 25.5. The Balaban J connectivity index is 1.91. The molecule has 0 aromatic heterocycles. The van der Waals surface area contributed by atoms with Crippen molar-refractivity contribution in [1.29, 1.82) is 0 Å². The number of hydrogen-bond donors (Lipinski definition) is 1. The van der Waals surface area contributed by atoms with Gasteiger partial charge in [-0.2, -0.15) is 0 Å². The van der Waals surface area contributed by atoms with Crippen molar-refractivity contribution in [3.8, 4) is 11.8 Å². The minimum atomic E-state index is -3.16. The maximum Gasteiger partial charge on any atom is 0.215 e. The summed E-state index contributed by atoms with van der Waals surface area (Å²) in [7, 11) is -3.16. The normalized spacial score (nSPS) is 14.6. The number of ketones is 1. The lowest BCUT2D eigenvalue weighted by molar-refractivity contribution is 0.101. The average molecular weight is 277 g/mol. The van der Waals surface area contributed by atoms with E-state index in [0.717, 1.165) is 18.4 Å². The van der Waals surface area contributed by atoms with E-state index >= 15 is 0 Å². The zero-order valence-electron chi connectivity index (χ0n) is 10.6. The summed E-state index contributed by atoms with van der Waals surface area (Å²) in [5.41, 5.74) is 1.40. The number of nitrogens with one attached hydrogen (secondary N) is 1. The monoisotopic (exact) mass is 277 g/mol. The fourth-order valence-electron chi connectivity index (χ4n) is 1.57. The second kappa shape index (κ2) is 5.55. The molecular weight excluding hydrogens is 262 g/mol. The van der Waals surface area contributed by atoms with Crippen LogP contribution in [-0.2, 0) is 10.0 Å². The molecule has 5 heteroatoms. The Labute approximate surface area is 113 Å². The molecule has 1 aliphatic rings. The van der Waals surface area contributed by atoms with Gasteiger partial charge in [0.15, 0.2) is 5.78 Å². The lowest BCUT2D eigenvalue weighted by atomic mass is 10.1. The number of hydrogen-bond acceptors (Lipinski definition) is 3. The molecule has 0 saturated heterocycles. The molecule has 0 radical (unpaired) electrons. The number of carbonyl (C=O) groups is 1. The van der Waals surface area contributed by atoms with Crippen molar-refractivity contribution in [2.45, 2.75) is 25.0 Å². The fourth-order valence-corrected chi connectivity index (χ4v) is 2.83. The lowest BCUT2D eigenvalue weighted by Crippen LogP contribution is -2.27. The van der Waals surface area contributed by atoms with Gasteiger partial charge >= 0.3 is 0 Å². The highest BCUT2D eigenvalue weighted by Gasteiger charge is 2.34. The molecule has 2 rings (SSSR count). The van der Waals surface area contributed by atoms with E-state index < -0.39 is 10.0 Å². The number of Topliss-reactive ketones (excluding diaryl/α,β-unsaturated/α-hetero) is 1. The Morgan fingerprint density at radius 2 is 1.95 bits per heavy atom. The van der Waals surface area contributed by atoms with Gasteiger partial charge in [-0.05, 0) is 31.9 Å². The van der Waals surface area contributed by atoms with Crippen molar-refractivity contribution in [2.75, 3.05) is 6.54 Å². The van der Waals surface area contributed by atoms with Gasteiger partial charge in [0.2, 0.25) is 10.0 Å². The highest BCUT2D eigenvalue weighted by molar-refractivity contribution is 7.90. The van der Waals surface area contributed by atoms with Crippen molar-refractivity contribution in [2.24, 2.45) is 0 Å². The summed E-state index contributed by atoms with van der Waals surface area (Å²) in [5.74, 6) is 5.63. The van der Waals surface area contributed by atoms with Crippen LogP contribution >= 0.6 is 0 Å². The van der Waals surface area contributed by atoms with Gasteiger partial charge in [-0.1, -0.05) is 24.0 Å². The van der Waals surface area contributed by atoms with Gasteiger partial charge in [0.25, 0.3) is 0 Å². The zero-order valence-corrected chi connectivity index (χ0v) is 11.5. The van der Waals surface area contributed by atoms with Crippen LogP contribution in [0.25, 0.3) is 0 Å². The lowest BCUT2D eigenvalue weighted by Gasteiger charge is -1.99. The van der Waals surface area contributed by atoms with Crippen LogP contribution in [0.3, 0.4) is 0 Å². The predicted octanol–water partition coefficient (Wildman–Crippen LogP) is 1.32. The Kier molecular flexibility index (Phi) is 4.03. The summed E-state index contributed by atoms with van der Waals surface area (Å²) in [6.45, 7) is 1.63. The molecule has 4 nitrogen and oxygen atoms in total. The number of sulfonamides is 1. The third-order valence-electron chi connectivity index (χ3n) is 2.85. The molecule has 1 fully saturated rings. The first-order chi connectivity index (χ1) is 8.99. The topological polar surface area (TPSA) is 63.2 Å². The smallest absolute Gasteiger partial charge is 0.215 e. The van der Waals surface area contributed by atoms with Crippen LogP contribution < -0.4 is 4.72 Å². The molecule has 0 amide bonds. The molecule has 1 N–H and O–H groups in total. The van der Waals surface area contributed by atoms with E-state index in [4.69, 9.17) is 0 Å². The number of benzene rings is 1. The molecule has 0 bridgehead atoms. The average Bonchev–Trinajstić information content (AvgIpc) is 3.20. The van der Waals surface area contributed by atoms with Crippen LogP contribution in [0.15, 0.2) is 24.3 Å². The molecule has 1 aromatic carbocycles. The van der Waals surface area contributed by atoms with E-state index in [2.05, 4.69) is 16.6 Å².